The van der Waals surface area contributed by atoms with Gasteiger partial charge in [-0.05, 0) is 43.9 Å². The molecule has 2 fully saturated rings. The molecule has 0 aromatic carbocycles. The first-order chi connectivity index (χ1) is 6.57. The number of carbonyl (C=O) groups excluding carboxylic acids is 1. The Morgan fingerprint density at radius 3 is 2.21 bits per heavy atom. The molecular formula is C12H21NO. The van der Waals surface area contributed by atoms with E-state index in [4.69, 9.17) is 0 Å². The van der Waals surface area contributed by atoms with Crippen LogP contribution < -0.4 is 5.32 Å². The fourth-order valence-electron chi connectivity index (χ4n) is 2.21. The maximum Gasteiger partial charge on any atom is 0.223 e. The molecule has 1 amide bonds. The zero-order chi connectivity index (χ0) is 10.2. The highest BCUT2D eigenvalue weighted by atomic mass is 16.2. The highest BCUT2D eigenvalue weighted by Gasteiger charge is 2.32. The molecule has 80 valence electrons. The van der Waals surface area contributed by atoms with Gasteiger partial charge in [0.05, 0.1) is 0 Å². The maximum absolute atomic E-state index is 11.7. The molecule has 2 nitrogen and oxygen atoms in total. The van der Waals surface area contributed by atoms with E-state index < -0.39 is 0 Å². The first-order valence-electron chi connectivity index (χ1n) is 5.87. The summed E-state index contributed by atoms with van der Waals surface area (Å²) in [4.78, 5) is 11.7. The lowest BCUT2D eigenvalue weighted by Gasteiger charge is -2.33. The van der Waals surface area contributed by atoms with Gasteiger partial charge in [-0.3, -0.25) is 4.79 Å². The minimum Gasteiger partial charge on any atom is -0.353 e. The van der Waals surface area contributed by atoms with Gasteiger partial charge in [-0.2, -0.15) is 0 Å². The molecule has 0 radical (unpaired) electrons. The third-order valence-electron chi connectivity index (χ3n) is 3.63. The van der Waals surface area contributed by atoms with E-state index in [1.807, 2.05) is 0 Å². The third kappa shape index (κ3) is 2.49. The Morgan fingerprint density at radius 1 is 1.14 bits per heavy atom. The number of amides is 1. The van der Waals surface area contributed by atoms with Crippen LogP contribution in [0.1, 0.15) is 52.4 Å². The minimum atomic E-state index is 0.309. The number of carbonyl (C=O) groups is 1. The zero-order valence-electron chi connectivity index (χ0n) is 9.31. The maximum atomic E-state index is 11.7. The third-order valence-corrected chi connectivity index (χ3v) is 3.63. The summed E-state index contributed by atoms with van der Waals surface area (Å²) in [7, 11) is 0. The zero-order valence-corrected chi connectivity index (χ0v) is 9.31. The second kappa shape index (κ2) is 3.56. The van der Waals surface area contributed by atoms with Crippen LogP contribution >= 0.6 is 0 Å². The predicted octanol–water partition coefficient (Wildman–Crippen LogP) is 2.48. The normalized spacial score (nSPS) is 27.3. The topological polar surface area (TPSA) is 29.1 Å². The van der Waals surface area contributed by atoms with Gasteiger partial charge in [0.2, 0.25) is 5.91 Å². The molecule has 0 bridgehead atoms. The lowest BCUT2D eigenvalue weighted by atomic mass is 9.73. The number of nitrogens with one attached hydrogen (secondary N) is 1. The Bertz CT molecular complexity index is 220. The molecule has 1 N–H and O–H groups in total. The van der Waals surface area contributed by atoms with Gasteiger partial charge < -0.3 is 5.32 Å². The lowest BCUT2D eigenvalue weighted by Crippen LogP contribution is -2.35. The minimum absolute atomic E-state index is 0.309. The monoisotopic (exact) mass is 195 g/mol. The van der Waals surface area contributed by atoms with Crippen molar-refractivity contribution in [2.24, 2.45) is 11.3 Å². The van der Waals surface area contributed by atoms with Crippen LogP contribution in [0.3, 0.4) is 0 Å². The smallest absolute Gasteiger partial charge is 0.223 e. The quantitative estimate of drug-likeness (QED) is 0.720. The number of hydrogen-bond acceptors (Lipinski definition) is 1. The van der Waals surface area contributed by atoms with Crippen molar-refractivity contribution in [3.63, 3.8) is 0 Å². The molecule has 2 saturated carbocycles. The summed E-state index contributed by atoms with van der Waals surface area (Å²) >= 11 is 0. The Hall–Kier alpha value is -0.530. The molecule has 2 rings (SSSR count). The molecule has 0 aromatic heterocycles. The SMILES string of the molecule is CC1(C)CCC(C(=O)NC2CC2)CC1. The van der Waals surface area contributed by atoms with Crippen molar-refractivity contribution in [3.05, 3.63) is 0 Å². The molecule has 0 aromatic rings. The van der Waals surface area contributed by atoms with Crippen LogP contribution in [0.25, 0.3) is 0 Å². The van der Waals surface area contributed by atoms with Crippen molar-refractivity contribution in [1.82, 2.24) is 5.32 Å². The van der Waals surface area contributed by atoms with Gasteiger partial charge in [-0.1, -0.05) is 13.8 Å². The average Bonchev–Trinajstić information content (AvgIpc) is 2.88. The van der Waals surface area contributed by atoms with Crippen LogP contribution in [0.5, 0.6) is 0 Å². The number of hydrogen-bond donors (Lipinski definition) is 1. The fourth-order valence-corrected chi connectivity index (χ4v) is 2.21. The summed E-state index contributed by atoms with van der Waals surface area (Å²) in [6.07, 6.45) is 6.98. The van der Waals surface area contributed by atoms with Crippen LogP contribution in [-0.2, 0) is 4.79 Å². The van der Waals surface area contributed by atoms with Gasteiger partial charge in [-0.25, -0.2) is 0 Å². The van der Waals surface area contributed by atoms with Crippen LogP contribution in [0.2, 0.25) is 0 Å². The van der Waals surface area contributed by atoms with Crippen molar-refractivity contribution in [1.29, 1.82) is 0 Å². The Balaban J connectivity index is 1.79. The summed E-state index contributed by atoms with van der Waals surface area (Å²) in [5.74, 6) is 0.631. The van der Waals surface area contributed by atoms with E-state index in [1.165, 1.54) is 25.7 Å². The summed E-state index contributed by atoms with van der Waals surface area (Å²) in [5.41, 5.74) is 0.469. The van der Waals surface area contributed by atoms with Crippen molar-refractivity contribution < 1.29 is 4.79 Å². The molecule has 0 aliphatic heterocycles. The van der Waals surface area contributed by atoms with Gasteiger partial charge in [0.1, 0.15) is 0 Å². The first kappa shape index (κ1) is 10.0. The van der Waals surface area contributed by atoms with Crippen LogP contribution in [0.15, 0.2) is 0 Å². The highest BCUT2D eigenvalue weighted by Crippen LogP contribution is 2.38. The second-order valence-corrected chi connectivity index (χ2v) is 5.72. The summed E-state index contributed by atoms with van der Waals surface area (Å²) < 4.78 is 0. The molecule has 2 aliphatic rings. The van der Waals surface area contributed by atoms with E-state index >= 15 is 0 Å². The fraction of sp³-hybridized carbons (Fsp3) is 0.917. The lowest BCUT2D eigenvalue weighted by molar-refractivity contribution is -0.126. The van der Waals surface area contributed by atoms with Gasteiger partial charge in [0, 0.05) is 12.0 Å². The van der Waals surface area contributed by atoms with E-state index in [9.17, 15) is 4.79 Å². The van der Waals surface area contributed by atoms with Crippen LogP contribution in [0.4, 0.5) is 0 Å². The Morgan fingerprint density at radius 2 is 1.71 bits per heavy atom. The number of rotatable bonds is 2. The van der Waals surface area contributed by atoms with Gasteiger partial charge in [-0.15, -0.1) is 0 Å². The van der Waals surface area contributed by atoms with Crippen molar-refractivity contribution >= 4 is 5.91 Å². The van der Waals surface area contributed by atoms with Gasteiger partial charge >= 0.3 is 0 Å². The van der Waals surface area contributed by atoms with Crippen LogP contribution in [0, 0.1) is 11.3 Å². The standard InChI is InChI=1S/C12H21NO/c1-12(2)7-5-9(6-8-12)11(14)13-10-3-4-10/h9-10H,3-8H2,1-2H3,(H,13,14). The van der Waals surface area contributed by atoms with Crippen molar-refractivity contribution in [2.75, 3.05) is 0 Å². The first-order valence-corrected chi connectivity index (χ1v) is 5.87. The molecular weight excluding hydrogens is 174 g/mol. The van der Waals surface area contributed by atoms with Crippen molar-refractivity contribution in [3.8, 4) is 0 Å². The molecule has 0 atom stereocenters. The van der Waals surface area contributed by atoms with E-state index in [-0.39, 0.29) is 0 Å². The predicted molar refractivity (Wildman–Crippen MR) is 56.9 cm³/mol. The summed E-state index contributed by atoms with van der Waals surface area (Å²) in [5, 5.41) is 3.11. The van der Waals surface area contributed by atoms with Gasteiger partial charge in [0.25, 0.3) is 0 Å². The van der Waals surface area contributed by atoms with E-state index in [0.717, 1.165) is 12.8 Å². The molecule has 0 unspecified atom stereocenters. The molecule has 0 spiro atoms. The molecule has 0 heterocycles. The Kier molecular flexibility index (Phi) is 2.54. The van der Waals surface area contributed by atoms with E-state index in [2.05, 4.69) is 19.2 Å². The second-order valence-electron chi connectivity index (χ2n) is 5.72. The average molecular weight is 195 g/mol. The summed E-state index contributed by atoms with van der Waals surface area (Å²) in [6.45, 7) is 4.62. The Labute approximate surface area is 86.5 Å². The van der Waals surface area contributed by atoms with E-state index in [1.54, 1.807) is 0 Å². The van der Waals surface area contributed by atoms with E-state index in [0.29, 0.717) is 23.3 Å². The molecule has 14 heavy (non-hydrogen) atoms. The van der Waals surface area contributed by atoms with Crippen LogP contribution in [-0.4, -0.2) is 11.9 Å². The summed E-state index contributed by atoms with van der Waals surface area (Å²) in [6, 6.07) is 0.525. The molecule has 0 saturated heterocycles. The van der Waals surface area contributed by atoms with Crippen molar-refractivity contribution in [2.45, 2.75) is 58.4 Å². The largest absolute Gasteiger partial charge is 0.353 e. The highest BCUT2D eigenvalue weighted by molar-refractivity contribution is 5.79. The molecule has 2 aliphatic carbocycles. The van der Waals surface area contributed by atoms with Gasteiger partial charge in [0.15, 0.2) is 0 Å². The molecule has 2 heteroatoms.